The standard InChI is InChI=1S/C25H24N2O3.2C2H6/c28-16-21-13-20-7-8-26-25(29)24(20)23-14-19(5-6-22(21)23)18-3-1-17(2-4-18)15-27-9-11-30-12-10-27;2*1-2/h1-8,13-14,28H,9-12,15-16H2,(H,26,29);2*1-2H3. The van der Waals surface area contributed by atoms with Crippen molar-refractivity contribution < 1.29 is 9.84 Å². The fourth-order valence-corrected chi connectivity index (χ4v) is 4.32. The van der Waals surface area contributed by atoms with Gasteiger partial charge in [-0.15, -0.1) is 0 Å². The van der Waals surface area contributed by atoms with Crippen molar-refractivity contribution in [1.82, 2.24) is 9.88 Å². The van der Waals surface area contributed by atoms with Crippen LogP contribution < -0.4 is 5.56 Å². The highest BCUT2D eigenvalue weighted by Gasteiger charge is 2.12. The van der Waals surface area contributed by atoms with Gasteiger partial charge in [0.2, 0.25) is 0 Å². The largest absolute Gasteiger partial charge is 0.392 e. The Morgan fingerprint density at radius 1 is 0.882 bits per heavy atom. The van der Waals surface area contributed by atoms with Gasteiger partial charge in [-0.25, -0.2) is 0 Å². The second-order valence-electron chi connectivity index (χ2n) is 7.81. The molecule has 0 aliphatic carbocycles. The van der Waals surface area contributed by atoms with Gasteiger partial charge in [-0.05, 0) is 56.6 Å². The molecule has 1 aliphatic rings. The minimum Gasteiger partial charge on any atom is -0.392 e. The van der Waals surface area contributed by atoms with E-state index in [-0.39, 0.29) is 12.2 Å². The molecular weight excluding hydrogens is 424 g/mol. The lowest BCUT2D eigenvalue weighted by Gasteiger charge is -2.26. The predicted octanol–water partition coefficient (Wildman–Crippen LogP) is 5.73. The van der Waals surface area contributed by atoms with Gasteiger partial charge >= 0.3 is 0 Å². The molecule has 1 fully saturated rings. The third-order valence-electron chi connectivity index (χ3n) is 5.93. The molecule has 0 amide bonds. The van der Waals surface area contributed by atoms with E-state index in [2.05, 4.69) is 46.3 Å². The number of pyridine rings is 1. The molecule has 0 atom stereocenters. The van der Waals surface area contributed by atoms with Crippen molar-refractivity contribution in [1.29, 1.82) is 0 Å². The van der Waals surface area contributed by atoms with Gasteiger partial charge in [0, 0.05) is 25.8 Å². The molecule has 0 spiro atoms. The van der Waals surface area contributed by atoms with Gasteiger partial charge in [0.25, 0.3) is 5.56 Å². The molecule has 2 N–H and O–H groups in total. The first-order valence-electron chi connectivity index (χ1n) is 12.3. The smallest absolute Gasteiger partial charge is 0.256 e. The number of aromatic nitrogens is 1. The van der Waals surface area contributed by atoms with Gasteiger partial charge in [-0.2, -0.15) is 0 Å². The average Bonchev–Trinajstić information content (AvgIpc) is 2.91. The molecule has 1 aliphatic heterocycles. The van der Waals surface area contributed by atoms with Crippen LogP contribution in [0.3, 0.4) is 0 Å². The Morgan fingerprint density at radius 2 is 1.56 bits per heavy atom. The number of aliphatic hydroxyl groups excluding tert-OH is 1. The van der Waals surface area contributed by atoms with Crippen molar-refractivity contribution >= 4 is 21.5 Å². The molecule has 3 aromatic carbocycles. The van der Waals surface area contributed by atoms with Crippen LogP contribution in [-0.4, -0.2) is 41.3 Å². The van der Waals surface area contributed by atoms with Crippen molar-refractivity contribution in [3.63, 3.8) is 0 Å². The van der Waals surface area contributed by atoms with Crippen molar-refractivity contribution in [2.24, 2.45) is 0 Å². The van der Waals surface area contributed by atoms with Crippen LogP contribution in [0, 0.1) is 0 Å². The van der Waals surface area contributed by atoms with E-state index in [0.717, 1.165) is 65.7 Å². The number of nitrogens with zero attached hydrogens (tertiary/aromatic N) is 1. The number of benzene rings is 3. The number of hydrogen-bond donors (Lipinski definition) is 2. The van der Waals surface area contributed by atoms with Crippen LogP contribution in [0.5, 0.6) is 0 Å². The number of rotatable bonds is 4. The summed E-state index contributed by atoms with van der Waals surface area (Å²) in [5.41, 5.74) is 4.17. The van der Waals surface area contributed by atoms with Crippen LogP contribution in [0.25, 0.3) is 32.7 Å². The first-order chi connectivity index (χ1) is 16.7. The van der Waals surface area contributed by atoms with Crippen LogP contribution in [-0.2, 0) is 17.9 Å². The normalized spacial score (nSPS) is 13.7. The van der Waals surface area contributed by atoms with E-state index in [0.29, 0.717) is 5.39 Å². The maximum absolute atomic E-state index is 12.5. The van der Waals surface area contributed by atoms with Gasteiger partial charge in [0.15, 0.2) is 0 Å². The van der Waals surface area contributed by atoms with E-state index in [9.17, 15) is 9.90 Å². The van der Waals surface area contributed by atoms with E-state index < -0.39 is 0 Å². The Hall–Kier alpha value is -2.99. The second-order valence-corrected chi connectivity index (χ2v) is 7.81. The van der Waals surface area contributed by atoms with Crippen LogP contribution in [0.1, 0.15) is 38.8 Å². The van der Waals surface area contributed by atoms with Gasteiger partial charge in [0.05, 0.1) is 25.2 Å². The summed E-state index contributed by atoms with van der Waals surface area (Å²) < 4.78 is 5.42. The molecule has 5 rings (SSSR count). The molecule has 5 nitrogen and oxygen atoms in total. The number of hydrogen-bond acceptors (Lipinski definition) is 4. The number of morpholine rings is 1. The molecule has 0 bridgehead atoms. The van der Waals surface area contributed by atoms with E-state index in [1.807, 2.05) is 45.9 Å². The summed E-state index contributed by atoms with van der Waals surface area (Å²) in [6.07, 6.45) is 1.65. The van der Waals surface area contributed by atoms with Crippen molar-refractivity contribution in [3.05, 3.63) is 82.3 Å². The van der Waals surface area contributed by atoms with Crippen molar-refractivity contribution in [2.75, 3.05) is 26.3 Å². The third kappa shape index (κ3) is 5.55. The molecule has 0 radical (unpaired) electrons. The van der Waals surface area contributed by atoms with E-state index in [4.69, 9.17) is 4.74 Å². The zero-order valence-electron chi connectivity index (χ0n) is 20.7. The summed E-state index contributed by atoms with van der Waals surface area (Å²) in [4.78, 5) is 17.7. The highest BCUT2D eigenvalue weighted by molar-refractivity contribution is 6.09. The van der Waals surface area contributed by atoms with Crippen LogP contribution in [0.15, 0.2) is 65.6 Å². The Morgan fingerprint density at radius 3 is 2.24 bits per heavy atom. The summed E-state index contributed by atoms with van der Waals surface area (Å²) in [6, 6.07) is 18.5. The minimum absolute atomic E-state index is 0.0607. The van der Waals surface area contributed by atoms with Crippen LogP contribution in [0.4, 0.5) is 0 Å². The third-order valence-corrected chi connectivity index (χ3v) is 5.93. The molecule has 0 saturated carbocycles. The highest BCUT2D eigenvalue weighted by Crippen LogP contribution is 2.31. The van der Waals surface area contributed by atoms with Gasteiger partial charge in [0.1, 0.15) is 0 Å². The zero-order chi connectivity index (χ0) is 24.5. The monoisotopic (exact) mass is 460 g/mol. The summed E-state index contributed by atoms with van der Waals surface area (Å²) >= 11 is 0. The predicted molar refractivity (Wildman–Crippen MR) is 142 cm³/mol. The first kappa shape index (κ1) is 25.6. The molecule has 180 valence electrons. The molecule has 34 heavy (non-hydrogen) atoms. The highest BCUT2D eigenvalue weighted by atomic mass is 16.5. The molecule has 5 heteroatoms. The molecule has 1 aromatic heterocycles. The number of ether oxygens (including phenoxy) is 1. The molecule has 1 saturated heterocycles. The zero-order valence-corrected chi connectivity index (χ0v) is 20.7. The number of aliphatic hydroxyl groups is 1. The van der Waals surface area contributed by atoms with Crippen LogP contribution >= 0.6 is 0 Å². The average molecular weight is 461 g/mol. The number of fused-ring (bicyclic) bond motifs is 3. The lowest BCUT2D eigenvalue weighted by molar-refractivity contribution is 0.0342. The summed E-state index contributed by atoms with van der Waals surface area (Å²) in [7, 11) is 0. The fourth-order valence-electron chi connectivity index (χ4n) is 4.32. The second kappa shape index (κ2) is 12.5. The Kier molecular flexibility index (Phi) is 9.40. The number of aromatic amines is 1. The maximum atomic E-state index is 12.5. The van der Waals surface area contributed by atoms with Gasteiger partial charge in [-0.3, -0.25) is 9.69 Å². The molecule has 4 aromatic rings. The number of H-pyrrole nitrogens is 1. The Balaban J connectivity index is 0.000000771. The Bertz CT molecular complexity index is 1260. The summed E-state index contributed by atoms with van der Waals surface area (Å²) in [6.45, 7) is 12.4. The SMILES string of the molecule is CC.CC.O=c1[nH]ccc2cc(CO)c3ccc(-c4ccc(CN5CCOCC5)cc4)cc3c12. The van der Waals surface area contributed by atoms with E-state index in [1.54, 1.807) is 6.20 Å². The Labute approximate surface area is 202 Å². The minimum atomic E-state index is -0.111. The maximum Gasteiger partial charge on any atom is 0.256 e. The molecular formula is C29H36N2O3. The summed E-state index contributed by atoms with van der Waals surface area (Å²) in [5, 5.41) is 13.1. The fraction of sp³-hybridized carbons (Fsp3) is 0.345. The van der Waals surface area contributed by atoms with Crippen molar-refractivity contribution in [2.45, 2.75) is 40.8 Å². The summed E-state index contributed by atoms with van der Waals surface area (Å²) in [5.74, 6) is 0. The van der Waals surface area contributed by atoms with Gasteiger partial charge < -0.3 is 14.8 Å². The van der Waals surface area contributed by atoms with Crippen molar-refractivity contribution in [3.8, 4) is 11.1 Å². The van der Waals surface area contributed by atoms with E-state index in [1.165, 1.54) is 5.56 Å². The van der Waals surface area contributed by atoms with Crippen LogP contribution in [0.2, 0.25) is 0 Å². The topological polar surface area (TPSA) is 65.6 Å². The molecule has 2 heterocycles. The lowest BCUT2D eigenvalue weighted by Crippen LogP contribution is -2.35. The van der Waals surface area contributed by atoms with Gasteiger partial charge in [-0.1, -0.05) is 64.1 Å². The van der Waals surface area contributed by atoms with E-state index >= 15 is 0 Å². The molecule has 0 unspecified atom stereocenters. The first-order valence-corrected chi connectivity index (χ1v) is 12.3. The number of nitrogens with one attached hydrogen (secondary N) is 1. The lowest BCUT2D eigenvalue weighted by atomic mass is 9.94. The quantitative estimate of drug-likeness (QED) is 0.382.